The van der Waals surface area contributed by atoms with Gasteiger partial charge in [0, 0.05) is 18.7 Å². The van der Waals surface area contributed by atoms with Crippen LogP contribution in [0.3, 0.4) is 0 Å². The van der Waals surface area contributed by atoms with Crippen LogP contribution in [0.1, 0.15) is 12.7 Å². The van der Waals surface area contributed by atoms with E-state index in [1.165, 1.54) is 0 Å². The third kappa shape index (κ3) is 2.76. The summed E-state index contributed by atoms with van der Waals surface area (Å²) in [6, 6.07) is 7.69. The van der Waals surface area contributed by atoms with Crippen LogP contribution in [-0.2, 0) is 6.42 Å². The van der Waals surface area contributed by atoms with Gasteiger partial charge in [0.1, 0.15) is 11.6 Å². The maximum absolute atomic E-state index is 6.00. The van der Waals surface area contributed by atoms with E-state index < -0.39 is 0 Å². The highest BCUT2D eigenvalue weighted by Crippen LogP contribution is 2.19. The molecule has 0 aliphatic rings. The monoisotopic (exact) mass is 236 g/mol. The molecule has 2 aromatic rings. The molecule has 0 radical (unpaired) electrons. The molecule has 84 valence electrons. The van der Waals surface area contributed by atoms with E-state index in [1.54, 1.807) is 12.5 Å². The van der Waals surface area contributed by atoms with Crippen LogP contribution in [0.5, 0.6) is 0 Å². The fourth-order valence-electron chi connectivity index (χ4n) is 1.51. The molecule has 0 amide bonds. The fraction of sp³-hybridized carbons (Fsp3) is 0.250. The van der Waals surface area contributed by atoms with Gasteiger partial charge >= 0.3 is 0 Å². The summed E-state index contributed by atoms with van der Waals surface area (Å²) >= 11 is 6.00. The average molecular weight is 237 g/mol. The second kappa shape index (κ2) is 5.03. The number of furan rings is 1. The Morgan fingerprint density at radius 1 is 1.44 bits per heavy atom. The minimum atomic E-state index is 0.221. The van der Waals surface area contributed by atoms with E-state index in [4.69, 9.17) is 16.0 Å². The van der Waals surface area contributed by atoms with Crippen LogP contribution in [-0.4, -0.2) is 11.0 Å². The van der Waals surface area contributed by atoms with E-state index in [0.29, 0.717) is 10.8 Å². The van der Waals surface area contributed by atoms with Gasteiger partial charge < -0.3 is 9.73 Å². The van der Waals surface area contributed by atoms with Crippen LogP contribution in [0.4, 0.5) is 5.82 Å². The van der Waals surface area contributed by atoms with Crippen molar-refractivity contribution < 1.29 is 4.42 Å². The van der Waals surface area contributed by atoms with Gasteiger partial charge in [-0.3, -0.25) is 0 Å². The Labute approximate surface area is 99.5 Å². The maximum atomic E-state index is 6.00. The van der Waals surface area contributed by atoms with Crippen LogP contribution in [0.2, 0.25) is 5.02 Å². The van der Waals surface area contributed by atoms with Gasteiger partial charge in [-0.2, -0.15) is 0 Å². The van der Waals surface area contributed by atoms with Gasteiger partial charge in [0.15, 0.2) is 0 Å². The molecule has 0 aliphatic carbocycles. The minimum Gasteiger partial charge on any atom is -0.469 e. The predicted molar refractivity (Wildman–Crippen MR) is 64.7 cm³/mol. The summed E-state index contributed by atoms with van der Waals surface area (Å²) in [5.41, 5.74) is 0. The van der Waals surface area contributed by atoms with Gasteiger partial charge in [0.2, 0.25) is 0 Å². The van der Waals surface area contributed by atoms with Gasteiger partial charge in [0.25, 0.3) is 0 Å². The van der Waals surface area contributed by atoms with Gasteiger partial charge in [0.05, 0.1) is 11.3 Å². The van der Waals surface area contributed by atoms with Gasteiger partial charge in [-0.15, -0.1) is 0 Å². The third-order valence-electron chi connectivity index (χ3n) is 2.23. The van der Waals surface area contributed by atoms with E-state index in [2.05, 4.69) is 17.2 Å². The first-order chi connectivity index (χ1) is 7.75. The van der Waals surface area contributed by atoms with E-state index in [-0.39, 0.29) is 6.04 Å². The zero-order chi connectivity index (χ0) is 11.4. The highest BCUT2D eigenvalue weighted by Gasteiger charge is 2.08. The largest absolute Gasteiger partial charge is 0.469 e. The highest BCUT2D eigenvalue weighted by atomic mass is 35.5. The molecule has 1 atom stereocenters. The number of nitrogens with one attached hydrogen (secondary N) is 1. The summed E-state index contributed by atoms with van der Waals surface area (Å²) in [4.78, 5) is 4.17. The Balaban J connectivity index is 1.97. The summed E-state index contributed by atoms with van der Waals surface area (Å²) in [5, 5.41) is 3.88. The van der Waals surface area contributed by atoms with Gasteiger partial charge in [-0.05, 0) is 31.2 Å². The van der Waals surface area contributed by atoms with Crippen molar-refractivity contribution in [2.45, 2.75) is 19.4 Å². The SMILES string of the molecule is CC(Cc1ccco1)Nc1ncccc1Cl. The van der Waals surface area contributed by atoms with Gasteiger partial charge in [-0.1, -0.05) is 11.6 Å². The number of anilines is 1. The first kappa shape index (κ1) is 11.0. The maximum Gasteiger partial charge on any atom is 0.144 e. The Kier molecular flexibility index (Phi) is 3.47. The second-order valence-electron chi connectivity index (χ2n) is 3.66. The highest BCUT2D eigenvalue weighted by molar-refractivity contribution is 6.32. The van der Waals surface area contributed by atoms with E-state index in [0.717, 1.165) is 12.2 Å². The standard InChI is InChI=1S/C12H13ClN2O/c1-9(8-10-4-3-7-16-10)15-12-11(13)5-2-6-14-12/h2-7,9H,8H2,1H3,(H,14,15). The molecule has 0 aliphatic heterocycles. The number of nitrogens with zero attached hydrogens (tertiary/aromatic N) is 1. The number of rotatable bonds is 4. The first-order valence-corrected chi connectivity index (χ1v) is 5.53. The Bertz CT molecular complexity index is 442. The topological polar surface area (TPSA) is 38.1 Å². The molecule has 1 unspecified atom stereocenters. The van der Waals surface area contributed by atoms with Crippen molar-refractivity contribution in [2.75, 3.05) is 5.32 Å². The molecule has 2 heterocycles. The lowest BCUT2D eigenvalue weighted by Gasteiger charge is -2.13. The Morgan fingerprint density at radius 3 is 3.00 bits per heavy atom. The zero-order valence-corrected chi connectivity index (χ0v) is 9.74. The normalized spacial score (nSPS) is 12.4. The van der Waals surface area contributed by atoms with Crippen molar-refractivity contribution in [1.29, 1.82) is 0 Å². The first-order valence-electron chi connectivity index (χ1n) is 5.15. The average Bonchev–Trinajstić information content (AvgIpc) is 2.74. The molecule has 2 rings (SSSR count). The Hall–Kier alpha value is -1.48. The van der Waals surface area contributed by atoms with E-state index >= 15 is 0 Å². The molecule has 16 heavy (non-hydrogen) atoms. The summed E-state index contributed by atoms with van der Waals surface area (Å²) in [6.07, 6.45) is 4.20. The van der Waals surface area contributed by atoms with Crippen molar-refractivity contribution >= 4 is 17.4 Å². The lowest BCUT2D eigenvalue weighted by molar-refractivity contribution is 0.497. The zero-order valence-electron chi connectivity index (χ0n) is 8.98. The number of halogens is 1. The number of hydrogen-bond acceptors (Lipinski definition) is 3. The third-order valence-corrected chi connectivity index (χ3v) is 2.53. The van der Waals surface area contributed by atoms with Crippen LogP contribution in [0.25, 0.3) is 0 Å². The smallest absolute Gasteiger partial charge is 0.144 e. The summed E-state index contributed by atoms with van der Waals surface area (Å²) < 4.78 is 5.28. The van der Waals surface area contributed by atoms with Crippen molar-refractivity contribution in [2.24, 2.45) is 0 Å². The van der Waals surface area contributed by atoms with Crippen LogP contribution in [0, 0.1) is 0 Å². The lowest BCUT2D eigenvalue weighted by Crippen LogP contribution is -2.18. The molecule has 4 heteroatoms. The quantitative estimate of drug-likeness (QED) is 0.885. The molecule has 0 saturated carbocycles. The predicted octanol–water partition coefficient (Wildman–Crippen LogP) is 3.37. The van der Waals surface area contributed by atoms with Crippen molar-refractivity contribution in [1.82, 2.24) is 4.98 Å². The molecule has 0 fully saturated rings. The molecule has 0 bridgehead atoms. The lowest BCUT2D eigenvalue weighted by atomic mass is 10.2. The van der Waals surface area contributed by atoms with Crippen LogP contribution < -0.4 is 5.32 Å². The molecule has 2 aromatic heterocycles. The summed E-state index contributed by atoms with van der Waals surface area (Å²) in [5.74, 6) is 1.66. The summed E-state index contributed by atoms with van der Waals surface area (Å²) in [6.45, 7) is 2.06. The minimum absolute atomic E-state index is 0.221. The molecule has 0 aromatic carbocycles. The molecular formula is C12H13ClN2O. The molecule has 0 spiro atoms. The van der Waals surface area contributed by atoms with Gasteiger partial charge in [-0.25, -0.2) is 4.98 Å². The Morgan fingerprint density at radius 2 is 2.31 bits per heavy atom. The number of hydrogen-bond donors (Lipinski definition) is 1. The molecule has 0 saturated heterocycles. The number of pyridine rings is 1. The fourth-order valence-corrected chi connectivity index (χ4v) is 1.68. The van der Waals surface area contributed by atoms with E-state index in [1.807, 2.05) is 24.3 Å². The molecule has 1 N–H and O–H groups in total. The summed E-state index contributed by atoms with van der Waals surface area (Å²) in [7, 11) is 0. The van der Waals surface area contributed by atoms with Crippen LogP contribution in [0.15, 0.2) is 41.1 Å². The van der Waals surface area contributed by atoms with Crippen molar-refractivity contribution in [3.8, 4) is 0 Å². The van der Waals surface area contributed by atoms with Crippen molar-refractivity contribution in [3.05, 3.63) is 47.5 Å². The second-order valence-corrected chi connectivity index (χ2v) is 4.07. The molecular weight excluding hydrogens is 224 g/mol. The molecule has 3 nitrogen and oxygen atoms in total. The van der Waals surface area contributed by atoms with Crippen molar-refractivity contribution in [3.63, 3.8) is 0 Å². The van der Waals surface area contributed by atoms with E-state index in [9.17, 15) is 0 Å². The van der Waals surface area contributed by atoms with Crippen LogP contribution >= 0.6 is 11.6 Å². The number of aromatic nitrogens is 1.